The molecule has 0 radical (unpaired) electrons. The SMILES string of the molecule is CCCCCCC1(CCC)COC1. The summed E-state index contributed by atoms with van der Waals surface area (Å²) in [6.45, 7) is 6.63. The lowest BCUT2D eigenvalue weighted by Crippen LogP contribution is -2.42. The van der Waals surface area contributed by atoms with Crippen molar-refractivity contribution in [3.05, 3.63) is 0 Å². The van der Waals surface area contributed by atoms with Gasteiger partial charge >= 0.3 is 0 Å². The van der Waals surface area contributed by atoms with Crippen LogP contribution in [-0.4, -0.2) is 13.2 Å². The number of unbranched alkanes of at least 4 members (excludes halogenated alkanes) is 3. The highest BCUT2D eigenvalue weighted by atomic mass is 16.5. The van der Waals surface area contributed by atoms with E-state index in [2.05, 4.69) is 13.8 Å². The van der Waals surface area contributed by atoms with Crippen LogP contribution in [0, 0.1) is 5.41 Å². The van der Waals surface area contributed by atoms with Crippen molar-refractivity contribution in [2.75, 3.05) is 13.2 Å². The lowest BCUT2D eigenvalue weighted by atomic mass is 9.77. The summed E-state index contributed by atoms with van der Waals surface area (Å²) in [5.74, 6) is 0. The Morgan fingerprint density at radius 3 is 2.15 bits per heavy atom. The highest BCUT2D eigenvalue weighted by Crippen LogP contribution is 2.37. The van der Waals surface area contributed by atoms with Crippen LogP contribution in [0.2, 0.25) is 0 Å². The summed E-state index contributed by atoms with van der Waals surface area (Å²) < 4.78 is 5.35. The third-order valence-electron chi connectivity index (χ3n) is 3.16. The molecule has 1 saturated heterocycles. The zero-order chi connectivity index (χ0) is 9.57. The normalized spacial score (nSPS) is 19.8. The maximum Gasteiger partial charge on any atom is 0.0544 e. The Morgan fingerprint density at radius 2 is 1.69 bits per heavy atom. The van der Waals surface area contributed by atoms with Gasteiger partial charge in [-0.2, -0.15) is 0 Å². The highest BCUT2D eigenvalue weighted by molar-refractivity contribution is 4.84. The molecule has 13 heavy (non-hydrogen) atoms. The Balaban J connectivity index is 2.09. The molecule has 0 bridgehead atoms. The topological polar surface area (TPSA) is 9.23 Å². The van der Waals surface area contributed by atoms with Crippen molar-refractivity contribution < 1.29 is 4.74 Å². The van der Waals surface area contributed by atoms with Crippen LogP contribution < -0.4 is 0 Å². The Bertz CT molecular complexity index is 127. The zero-order valence-electron chi connectivity index (χ0n) is 9.27. The largest absolute Gasteiger partial charge is 0.380 e. The first-order chi connectivity index (χ1) is 6.33. The second-order valence-corrected chi connectivity index (χ2v) is 4.55. The van der Waals surface area contributed by atoms with Gasteiger partial charge < -0.3 is 4.74 Å². The minimum atomic E-state index is 0.600. The molecule has 0 aromatic carbocycles. The Kier molecular flexibility index (Phi) is 4.79. The van der Waals surface area contributed by atoms with Crippen LogP contribution in [-0.2, 0) is 4.74 Å². The van der Waals surface area contributed by atoms with Gasteiger partial charge in [0.15, 0.2) is 0 Å². The van der Waals surface area contributed by atoms with E-state index in [1.54, 1.807) is 0 Å². The summed E-state index contributed by atoms with van der Waals surface area (Å²) in [4.78, 5) is 0. The number of hydrogen-bond donors (Lipinski definition) is 0. The van der Waals surface area contributed by atoms with Crippen molar-refractivity contribution in [1.29, 1.82) is 0 Å². The molecule has 0 aromatic heterocycles. The maximum absolute atomic E-state index is 5.35. The summed E-state index contributed by atoms with van der Waals surface area (Å²) in [6, 6.07) is 0. The van der Waals surface area contributed by atoms with E-state index >= 15 is 0 Å². The van der Waals surface area contributed by atoms with Gasteiger partial charge in [0, 0.05) is 5.41 Å². The van der Waals surface area contributed by atoms with E-state index in [1.165, 1.54) is 44.9 Å². The van der Waals surface area contributed by atoms with Crippen LogP contribution >= 0.6 is 0 Å². The Morgan fingerprint density at radius 1 is 0.923 bits per heavy atom. The van der Waals surface area contributed by atoms with Crippen molar-refractivity contribution in [2.24, 2.45) is 5.41 Å². The fraction of sp³-hybridized carbons (Fsp3) is 1.00. The van der Waals surface area contributed by atoms with E-state index in [9.17, 15) is 0 Å². The van der Waals surface area contributed by atoms with E-state index in [0.29, 0.717) is 5.41 Å². The van der Waals surface area contributed by atoms with Gasteiger partial charge in [-0.15, -0.1) is 0 Å². The molecule has 1 aliphatic rings. The lowest BCUT2D eigenvalue weighted by Gasteiger charge is -2.41. The van der Waals surface area contributed by atoms with Crippen LogP contribution in [0.4, 0.5) is 0 Å². The van der Waals surface area contributed by atoms with E-state index < -0.39 is 0 Å². The Hall–Kier alpha value is -0.0400. The summed E-state index contributed by atoms with van der Waals surface area (Å²) in [6.07, 6.45) is 9.68. The van der Waals surface area contributed by atoms with Crippen LogP contribution in [0.3, 0.4) is 0 Å². The number of rotatable bonds is 7. The minimum Gasteiger partial charge on any atom is -0.380 e. The lowest BCUT2D eigenvalue weighted by molar-refractivity contribution is -0.123. The second-order valence-electron chi connectivity index (χ2n) is 4.55. The van der Waals surface area contributed by atoms with Crippen LogP contribution in [0.5, 0.6) is 0 Å². The van der Waals surface area contributed by atoms with Gasteiger partial charge in [-0.3, -0.25) is 0 Å². The van der Waals surface area contributed by atoms with Gasteiger partial charge in [0.1, 0.15) is 0 Å². The van der Waals surface area contributed by atoms with Crippen LogP contribution in [0.25, 0.3) is 0 Å². The monoisotopic (exact) mass is 184 g/mol. The first-order valence-corrected chi connectivity index (χ1v) is 5.91. The smallest absolute Gasteiger partial charge is 0.0544 e. The van der Waals surface area contributed by atoms with E-state index in [4.69, 9.17) is 4.74 Å². The van der Waals surface area contributed by atoms with E-state index in [0.717, 1.165) is 13.2 Å². The minimum absolute atomic E-state index is 0.600. The molecule has 1 aliphatic heterocycles. The predicted octanol–water partition coefficient (Wildman–Crippen LogP) is 3.77. The van der Waals surface area contributed by atoms with Crippen molar-refractivity contribution in [2.45, 2.75) is 58.8 Å². The fourth-order valence-electron chi connectivity index (χ4n) is 2.26. The molecule has 1 nitrogen and oxygen atoms in total. The van der Waals surface area contributed by atoms with Crippen molar-refractivity contribution in [3.8, 4) is 0 Å². The fourth-order valence-corrected chi connectivity index (χ4v) is 2.26. The van der Waals surface area contributed by atoms with E-state index in [-0.39, 0.29) is 0 Å². The first kappa shape index (κ1) is 11.0. The molecule has 1 rings (SSSR count). The zero-order valence-corrected chi connectivity index (χ0v) is 9.27. The molecule has 0 aliphatic carbocycles. The second kappa shape index (κ2) is 5.64. The number of hydrogen-bond acceptors (Lipinski definition) is 1. The molecule has 0 amide bonds. The van der Waals surface area contributed by atoms with Crippen molar-refractivity contribution >= 4 is 0 Å². The standard InChI is InChI=1S/C12H24O/c1-3-5-6-7-9-12(8-4-2)10-13-11-12/h3-11H2,1-2H3. The predicted molar refractivity (Wildman–Crippen MR) is 56.9 cm³/mol. The summed E-state index contributed by atoms with van der Waals surface area (Å²) in [5.41, 5.74) is 0.600. The van der Waals surface area contributed by atoms with Gasteiger partial charge in [-0.25, -0.2) is 0 Å². The maximum atomic E-state index is 5.35. The van der Waals surface area contributed by atoms with E-state index in [1.807, 2.05) is 0 Å². The third-order valence-corrected chi connectivity index (χ3v) is 3.16. The molecule has 0 unspecified atom stereocenters. The molecular formula is C12H24O. The molecule has 0 N–H and O–H groups in total. The quantitative estimate of drug-likeness (QED) is 0.547. The molecule has 1 heterocycles. The average molecular weight is 184 g/mol. The third kappa shape index (κ3) is 3.30. The highest BCUT2D eigenvalue weighted by Gasteiger charge is 2.36. The van der Waals surface area contributed by atoms with Gasteiger partial charge in [-0.05, 0) is 12.8 Å². The van der Waals surface area contributed by atoms with Crippen LogP contribution in [0.15, 0.2) is 0 Å². The number of ether oxygens (including phenoxy) is 1. The van der Waals surface area contributed by atoms with Crippen molar-refractivity contribution in [1.82, 2.24) is 0 Å². The van der Waals surface area contributed by atoms with Gasteiger partial charge in [0.2, 0.25) is 0 Å². The van der Waals surface area contributed by atoms with Crippen LogP contribution in [0.1, 0.15) is 58.8 Å². The molecule has 1 heteroatoms. The molecule has 0 spiro atoms. The Labute approximate surface area is 82.9 Å². The van der Waals surface area contributed by atoms with Gasteiger partial charge in [0.05, 0.1) is 13.2 Å². The molecular weight excluding hydrogens is 160 g/mol. The summed E-state index contributed by atoms with van der Waals surface area (Å²) in [5, 5.41) is 0. The summed E-state index contributed by atoms with van der Waals surface area (Å²) in [7, 11) is 0. The van der Waals surface area contributed by atoms with Crippen molar-refractivity contribution in [3.63, 3.8) is 0 Å². The summed E-state index contributed by atoms with van der Waals surface area (Å²) >= 11 is 0. The van der Waals surface area contributed by atoms with Gasteiger partial charge in [-0.1, -0.05) is 46.0 Å². The molecule has 0 saturated carbocycles. The first-order valence-electron chi connectivity index (χ1n) is 5.91. The van der Waals surface area contributed by atoms with Gasteiger partial charge in [0.25, 0.3) is 0 Å². The molecule has 1 fully saturated rings. The molecule has 78 valence electrons. The molecule has 0 aromatic rings. The molecule has 0 atom stereocenters. The average Bonchev–Trinajstić information content (AvgIpc) is 2.08.